The van der Waals surface area contributed by atoms with Crippen molar-refractivity contribution in [2.45, 2.75) is 30.8 Å². The number of aromatic nitrogens is 2. The minimum Gasteiger partial charge on any atom is -0.324 e. The van der Waals surface area contributed by atoms with E-state index in [4.69, 9.17) is 0 Å². The molecule has 0 aliphatic rings. The maximum Gasteiger partial charge on any atom is 0.246 e. The second kappa shape index (κ2) is 9.13. The lowest BCUT2D eigenvalue weighted by molar-refractivity contribution is -0.118. The fourth-order valence-electron chi connectivity index (χ4n) is 2.35. The number of nitrogens with zero attached hydrogens (tertiary/aromatic N) is 2. The van der Waals surface area contributed by atoms with Gasteiger partial charge in [0.15, 0.2) is 0 Å². The lowest BCUT2D eigenvalue weighted by atomic mass is 10.1. The summed E-state index contributed by atoms with van der Waals surface area (Å²) in [4.78, 5) is 12.6. The predicted molar refractivity (Wildman–Crippen MR) is 103 cm³/mol. The van der Waals surface area contributed by atoms with Crippen LogP contribution >= 0.6 is 12.4 Å². The molecule has 1 unspecified atom stereocenters. The van der Waals surface area contributed by atoms with Gasteiger partial charge in [0.2, 0.25) is 15.9 Å². The minimum absolute atomic E-state index is 0. The summed E-state index contributed by atoms with van der Waals surface area (Å²) in [5.41, 5.74) is 1.25. The van der Waals surface area contributed by atoms with Crippen molar-refractivity contribution in [3.63, 3.8) is 0 Å². The maximum atomic E-state index is 12.4. The van der Waals surface area contributed by atoms with Crippen LogP contribution in [-0.2, 0) is 21.9 Å². The second-order valence-corrected chi connectivity index (χ2v) is 7.67. The smallest absolute Gasteiger partial charge is 0.246 e. The van der Waals surface area contributed by atoms with Crippen LogP contribution in [0.15, 0.2) is 41.6 Å². The van der Waals surface area contributed by atoms with E-state index in [1.54, 1.807) is 57.2 Å². The third-order valence-corrected chi connectivity index (χ3v) is 5.11. The quantitative estimate of drug-likeness (QED) is 0.650. The van der Waals surface area contributed by atoms with Crippen LogP contribution in [0.5, 0.6) is 0 Å². The highest BCUT2D eigenvalue weighted by Crippen LogP contribution is 2.17. The van der Waals surface area contributed by atoms with Crippen molar-refractivity contribution < 1.29 is 13.2 Å². The largest absolute Gasteiger partial charge is 0.324 e. The number of carbonyl (C=O) groups excluding carboxylic acids is 1. The van der Waals surface area contributed by atoms with Crippen molar-refractivity contribution in [3.05, 3.63) is 42.2 Å². The van der Waals surface area contributed by atoms with Gasteiger partial charge >= 0.3 is 0 Å². The Morgan fingerprint density at radius 1 is 1.19 bits per heavy atom. The van der Waals surface area contributed by atoms with Crippen LogP contribution in [-0.4, -0.2) is 37.2 Å². The van der Waals surface area contributed by atoms with Gasteiger partial charge in [0.25, 0.3) is 0 Å². The Balaban J connectivity index is 0.00000338. The fraction of sp³-hybridized carbons (Fsp3) is 0.375. The number of rotatable bonds is 7. The number of carbonyl (C=O) groups is 1. The van der Waals surface area contributed by atoms with E-state index in [1.165, 1.54) is 12.1 Å². The molecular weight excluding hydrogens is 378 g/mol. The first kappa shape index (κ1) is 22.1. The summed E-state index contributed by atoms with van der Waals surface area (Å²) >= 11 is 0. The maximum absolute atomic E-state index is 12.4. The number of amides is 1. The molecule has 1 amide bonds. The van der Waals surface area contributed by atoms with Gasteiger partial charge in [-0.25, -0.2) is 13.1 Å². The zero-order valence-electron chi connectivity index (χ0n) is 15.1. The van der Waals surface area contributed by atoms with Crippen LogP contribution in [0, 0.1) is 0 Å². The van der Waals surface area contributed by atoms with E-state index in [1.807, 2.05) is 0 Å². The van der Waals surface area contributed by atoms with Gasteiger partial charge in [-0.2, -0.15) is 5.10 Å². The van der Waals surface area contributed by atoms with Gasteiger partial charge < -0.3 is 10.6 Å². The molecule has 8 nitrogen and oxygen atoms in total. The first-order valence-electron chi connectivity index (χ1n) is 7.82. The lowest BCUT2D eigenvalue weighted by Gasteiger charge is -2.15. The number of hydrogen-bond acceptors (Lipinski definition) is 5. The molecule has 2 aromatic rings. The van der Waals surface area contributed by atoms with Gasteiger partial charge in [0.05, 0.1) is 11.1 Å². The molecule has 2 rings (SSSR count). The summed E-state index contributed by atoms with van der Waals surface area (Å²) in [6, 6.07) is 5.28. The molecule has 1 aromatic carbocycles. The number of benzene rings is 1. The Bertz CT molecular complexity index is 834. The van der Waals surface area contributed by atoms with E-state index in [0.717, 1.165) is 5.56 Å². The molecule has 0 aliphatic heterocycles. The Hall–Kier alpha value is -1.94. The predicted octanol–water partition coefficient (Wildman–Crippen LogP) is 1.43. The fourth-order valence-corrected chi connectivity index (χ4v) is 3.60. The van der Waals surface area contributed by atoms with Gasteiger partial charge in [0.1, 0.15) is 6.04 Å². The third kappa shape index (κ3) is 5.53. The molecule has 0 bridgehead atoms. The normalized spacial score (nSPS) is 12.5. The summed E-state index contributed by atoms with van der Waals surface area (Å²) in [5, 5.41) is 9.76. The monoisotopic (exact) mass is 401 g/mol. The number of hydrogen-bond donors (Lipinski definition) is 3. The summed E-state index contributed by atoms with van der Waals surface area (Å²) in [7, 11) is -0.0908. The summed E-state index contributed by atoms with van der Waals surface area (Å²) in [6.07, 6.45) is 3.38. The topological polar surface area (TPSA) is 105 Å². The molecular formula is C16H24ClN5O3S. The molecule has 1 aromatic heterocycles. The molecule has 0 radical (unpaired) electrons. The van der Waals surface area contributed by atoms with E-state index >= 15 is 0 Å². The van der Waals surface area contributed by atoms with Crippen molar-refractivity contribution in [1.29, 1.82) is 0 Å². The van der Waals surface area contributed by atoms with Crippen molar-refractivity contribution in [2.24, 2.45) is 7.05 Å². The number of nitrogens with one attached hydrogen (secondary N) is 3. The van der Waals surface area contributed by atoms with Gasteiger partial charge in [-0.3, -0.25) is 9.48 Å². The Morgan fingerprint density at radius 3 is 2.27 bits per heavy atom. The van der Waals surface area contributed by atoms with E-state index in [-0.39, 0.29) is 29.3 Å². The molecule has 0 spiro atoms. The molecule has 26 heavy (non-hydrogen) atoms. The number of halogens is 1. The third-order valence-electron chi connectivity index (χ3n) is 3.43. The van der Waals surface area contributed by atoms with Gasteiger partial charge in [-0.1, -0.05) is 0 Å². The minimum atomic E-state index is -3.55. The van der Waals surface area contributed by atoms with Gasteiger partial charge in [-0.05, 0) is 45.2 Å². The van der Waals surface area contributed by atoms with E-state index in [2.05, 4.69) is 20.5 Å². The highest BCUT2D eigenvalue weighted by molar-refractivity contribution is 7.89. The summed E-state index contributed by atoms with van der Waals surface area (Å²) < 4.78 is 28.3. The lowest BCUT2D eigenvalue weighted by Crippen LogP contribution is -2.31. The molecule has 1 heterocycles. The average molecular weight is 402 g/mol. The van der Waals surface area contributed by atoms with E-state index < -0.39 is 16.1 Å². The van der Waals surface area contributed by atoms with Crippen LogP contribution in [0.25, 0.3) is 0 Å². The Labute approximate surface area is 159 Å². The second-order valence-electron chi connectivity index (χ2n) is 5.96. The number of sulfonamides is 1. The summed E-state index contributed by atoms with van der Waals surface area (Å²) in [5.74, 6) is -0.258. The van der Waals surface area contributed by atoms with Crippen molar-refractivity contribution >= 4 is 34.0 Å². The molecule has 0 saturated carbocycles. The molecule has 1 atom stereocenters. The van der Waals surface area contributed by atoms with Crippen LogP contribution in [0.3, 0.4) is 0 Å². The molecule has 3 N–H and O–H groups in total. The first-order chi connectivity index (χ1) is 11.7. The summed E-state index contributed by atoms with van der Waals surface area (Å²) in [6.45, 7) is 3.50. The number of anilines is 1. The zero-order valence-corrected chi connectivity index (χ0v) is 16.7. The molecule has 144 valence electrons. The highest BCUT2D eigenvalue weighted by Gasteiger charge is 2.21. The SMILES string of the molecule is CNC(C(=O)Nc1ccc(S(=O)(=O)NC(C)C)cc1)c1cnn(C)c1.Cl. The molecule has 0 fully saturated rings. The van der Waals surface area contributed by atoms with Crippen LogP contribution in [0.2, 0.25) is 0 Å². The Kier molecular flexibility index (Phi) is 7.76. The standard InChI is InChI=1S/C16H23N5O3S.ClH/c1-11(2)20-25(23,24)14-7-5-13(6-8-14)19-16(22)15(17-3)12-9-18-21(4)10-12;/h5-11,15,17,20H,1-4H3,(H,19,22);1H. The number of aryl methyl sites for hydroxylation is 1. The molecule has 0 saturated heterocycles. The van der Waals surface area contributed by atoms with Crippen LogP contribution < -0.4 is 15.4 Å². The zero-order chi connectivity index (χ0) is 18.6. The highest BCUT2D eigenvalue weighted by atomic mass is 35.5. The van der Waals surface area contributed by atoms with Gasteiger partial charge in [-0.15, -0.1) is 12.4 Å². The number of likely N-dealkylation sites (N-methyl/N-ethyl adjacent to an activating group) is 1. The van der Waals surface area contributed by atoms with Crippen LogP contribution in [0.4, 0.5) is 5.69 Å². The van der Waals surface area contributed by atoms with Gasteiger partial charge in [0, 0.05) is 30.5 Å². The van der Waals surface area contributed by atoms with E-state index in [9.17, 15) is 13.2 Å². The molecule has 10 heteroatoms. The van der Waals surface area contributed by atoms with Crippen molar-refractivity contribution in [1.82, 2.24) is 19.8 Å². The van der Waals surface area contributed by atoms with E-state index in [0.29, 0.717) is 5.69 Å². The Morgan fingerprint density at radius 2 is 1.81 bits per heavy atom. The van der Waals surface area contributed by atoms with Crippen LogP contribution in [0.1, 0.15) is 25.5 Å². The van der Waals surface area contributed by atoms with Crippen molar-refractivity contribution in [2.75, 3.05) is 12.4 Å². The molecule has 0 aliphatic carbocycles. The first-order valence-corrected chi connectivity index (χ1v) is 9.30. The average Bonchev–Trinajstić information content (AvgIpc) is 2.93. The van der Waals surface area contributed by atoms with Crippen molar-refractivity contribution in [3.8, 4) is 0 Å².